The first kappa shape index (κ1) is 15.6. The fraction of sp³-hybridized carbons (Fsp3) is 0.400. The molecule has 116 valence electrons. The van der Waals surface area contributed by atoms with Crippen LogP contribution in [0.2, 0.25) is 5.02 Å². The van der Waals surface area contributed by atoms with Crippen LogP contribution in [0.4, 0.5) is 0 Å². The van der Waals surface area contributed by atoms with E-state index in [-0.39, 0.29) is 0 Å². The summed E-state index contributed by atoms with van der Waals surface area (Å²) < 4.78 is 0. The summed E-state index contributed by atoms with van der Waals surface area (Å²) in [6, 6.07) is 16.1. The Morgan fingerprint density at radius 3 is 2.68 bits per heavy atom. The van der Waals surface area contributed by atoms with Gasteiger partial charge in [-0.25, -0.2) is 0 Å². The van der Waals surface area contributed by atoms with Crippen LogP contribution in [0.1, 0.15) is 38.7 Å². The van der Waals surface area contributed by atoms with Crippen molar-refractivity contribution >= 4 is 11.6 Å². The Kier molecular flexibility index (Phi) is 4.29. The number of rotatable bonds is 3. The molecule has 3 unspecified atom stereocenters. The molecule has 1 aliphatic rings. The lowest BCUT2D eigenvalue weighted by atomic mass is 9.79. The molecule has 1 nitrogen and oxygen atoms in total. The van der Waals surface area contributed by atoms with Crippen LogP contribution in [0.5, 0.6) is 0 Å². The number of hydrogen-bond acceptors (Lipinski definition) is 1. The zero-order valence-electron chi connectivity index (χ0n) is 13.2. The Balaban J connectivity index is 2.12. The molecular weight excluding hydrogens is 292 g/mol. The quantitative estimate of drug-likeness (QED) is 0.776. The molecule has 0 saturated heterocycles. The van der Waals surface area contributed by atoms with Crippen LogP contribution in [0.3, 0.4) is 0 Å². The molecular formula is C20H23ClO. The van der Waals surface area contributed by atoms with Gasteiger partial charge in [0.05, 0.1) is 5.60 Å². The van der Waals surface area contributed by atoms with Crippen molar-refractivity contribution < 1.29 is 5.11 Å². The van der Waals surface area contributed by atoms with Gasteiger partial charge in [-0.05, 0) is 53.5 Å². The largest absolute Gasteiger partial charge is 0.385 e. The van der Waals surface area contributed by atoms with Crippen molar-refractivity contribution in [1.29, 1.82) is 0 Å². The Morgan fingerprint density at radius 2 is 1.95 bits per heavy atom. The van der Waals surface area contributed by atoms with E-state index in [2.05, 4.69) is 32.0 Å². The van der Waals surface area contributed by atoms with Crippen LogP contribution < -0.4 is 0 Å². The predicted octanol–water partition coefficient (Wildman–Crippen LogP) is 5.65. The molecule has 3 rings (SSSR count). The maximum absolute atomic E-state index is 11.5. The van der Waals surface area contributed by atoms with Gasteiger partial charge < -0.3 is 5.11 Å². The lowest BCUT2D eigenvalue weighted by Gasteiger charge is -2.32. The minimum Gasteiger partial charge on any atom is -0.385 e. The highest BCUT2D eigenvalue weighted by Gasteiger charge is 2.45. The first-order valence-electron chi connectivity index (χ1n) is 8.12. The molecule has 2 heteroatoms. The number of halogens is 1. The fourth-order valence-corrected chi connectivity index (χ4v) is 4.25. The summed E-state index contributed by atoms with van der Waals surface area (Å²) >= 11 is 6.16. The van der Waals surface area contributed by atoms with Crippen molar-refractivity contribution in [1.82, 2.24) is 0 Å². The molecule has 0 amide bonds. The van der Waals surface area contributed by atoms with Gasteiger partial charge in [0.15, 0.2) is 0 Å². The van der Waals surface area contributed by atoms with Gasteiger partial charge in [-0.2, -0.15) is 0 Å². The summed E-state index contributed by atoms with van der Waals surface area (Å²) in [5, 5.41) is 12.2. The van der Waals surface area contributed by atoms with E-state index in [1.54, 1.807) is 0 Å². The zero-order chi connectivity index (χ0) is 15.7. The van der Waals surface area contributed by atoms with E-state index in [0.717, 1.165) is 41.0 Å². The molecule has 1 aliphatic carbocycles. The third-order valence-corrected chi connectivity index (χ3v) is 5.28. The normalized spacial score (nSPS) is 28.0. The molecule has 0 bridgehead atoms. The highest BCUT2D eigenvalue weighted by molar-refractivity contribution is 6.30. The summed E-state index contributed by atoms with van der Waals surface area (Å²) in [4.78, 5) is 0. The Morgan fingerprint density at radius 1 is 1.18 bits per heavy atom. The van der Waals surface area contributed by atoms with Crippen molar-refractivity contribution in [2.24, 2.45) is 11.8 Å². The second-order valence-corrected chi connectivity index (χ2v) is 7.07. The third-order valence-electron chi connectivity index (χ3n) is 5.04. The molecule has 3 atom stereocenters. The molecule has 0 aromatic heterocycles. The summed E-state index contributed by atoms with van der Waals surface area (Å²) in [5.74, 6) is 0.880. The molecule has 0 radical (unpaired) electrons. The minimum atomic E-state index is -0.729. The lowest BCUT2D eigenvalue weighted by molar-refractivity contribution is -0.00491. The van der Waals surface area contributed by atoms with E-state index >= 15 is 0 Å². The van der Waals surface area contributed by atoms with Crippen LogP contribution in [0.15, 0.2) is 48.5 Å². The average Bonchev–Trinajstić information content (AvgIpc) is 2.82. The van der Waals surface area contributed by atoms with E-state index in [4.69, 9.17) is 11.6 Å². The first-order chi connectivity index (χ1) is 10.5. The Labute approximate surface area is 137 Å². The minimum absolute atomic E-state index is 0.322. The molecule has 0 spiro atoms. The van der Waals surface area contributed by atoms with Gasteiger partial charge in [-0.3, -0.25) is 0 Å². The Hall–Kier alpha value is -1.31. The molecule has 1 saturated carbocycles. The van der Waals surface area contributed by atoms with Gasteiger partial charge >= 0.3 is 0 Å². The molecule has 0 heterocycles. The number of hydrogen-bond donors (Lipinski definition) is 1. The van der Waals surface area contributed by atoms with E-state index in [9.17, 15) is 5.11 Å². The van der Waals surface area contributed by atoms with Gasteiger partial charge in [0.2, 0.25) is 0 Å². The smallest absolute Gasteiger partial charge is 0.0933 e. The van der Waals surface area contributed by atoms with Crippen molar-refractivity contribution in [3.8, 4) is 11.1 Å². The summed E-state index contributed by atoms with van der Waals surface area (Å²) in [5.41, 5.74) is 2.49. The summed E-state index contributed by atoms with van der Waals surface area (Å²) in [7, 11) is 0. The topological polar surface area (TPSA) is 20.2 Å². The SMILES string of the molecule is CCC1CC(C)CC1(O)c1ccccc1-c1cccc(Cl)c1. The van der Waals surface area contributed by atoms with Crippen LogP contribution in [0, 0.1) is 11.8 Å². The Bertz CT molecular complexity index is 666. The molecule has 22 heavy (non-hydrogen) atoms. The van der Waals surface area contributed by atoms with Crippen LogP contribution in [-0.2, 0) is 5.60 Å². The summed E-state index contributed by atoms with van der Waals surface area (Å²) in [6.45, 7) is 4.41. The van der Waals surface area contributed by atoms with Crippen molar-refractivity contribution in [3.05, 3.63) is 59.1 Å². The maximum atomic E-state index is 11.5. The van der Waals surface area contributed by atoms with Gasteiger partial charge in [0, 0.05) is 5.02 Å². The summed E-state index contributed by atoms with van der Waals surface area (Å²) in [6.07, 6.45) is 2.94. The van der Waals surface area contributed by atoms with Gasteiger partial charge in [-0.15, -0.1) is 0 Å². The van der Waals surface area contributed by atoms with Gasteiger partial charge in [0.1, 0.15) is 0 Å². The number of aliphatic hydroxyl groups is 1. The van der Waals surface area contributed by atoms with E-state index in [1.165, 1.54) is 0 Å². The molecule has 2 aromatic carbocycles. The molecule has 1 fully saturated rings. The number of benzene rings is 2. The second kappa shape index (κ2) is 6.06. The van der Waals surface area contributed by atoms with E-state index in [0.29, 0.717) is 11.8 Å². The van der Waals surface area contributed by atoms with Gasteiger partial charge in [-0.1, -0.05) is 68.3 Å². The van der Waals surface area contributed by atoms with E-state index < -0.39 is 5.60 Å². The first-order valence-corrected chi connectivity index (χ1v) is 8.50. The predicted molar refractivity (Wildman–Crippen MR) is 93.0 cm³/mol. The average molecular weight is 315 g/mol. The highest BCUT2D eigenvalue weighted by Crippen LogP contribution is 2.50. The fourth-order valence-electron chi connectivity index (χ4n) is 4.06. The molecule has 1 N–H and O–H groups in total. The monoisotopic (exact) mass is 314 g/mol. The zero-order valence-corrected chi connectivity index (χ0v) is 14.0. The maximum Gasteiger partial charge on any atom is 0.0933 e. The molecule has 0 aliphatic heterocycles. The third kappa shape index (κ3) is 2.68. The highest BCUT2D eigenvalue weighted by atomic mass is 35.5. The van der Waals surface area contributed by atoms with Crippen molar-refractivity contribution in [2.75, 3.05) is 0 Å². The van der Waals surface area contributed by atoms with E-state index in [1.807, 2.05) is 30.3 Å². The van der Waals surface area contributed by atoms with Crippen molar-refractivity contribution in [3.63, 3.8) is 0 Å². The lowest BCUT2D eigenvalue weighted by Crippen LogP contribution is -2.30. The van der Waals surface area contributed by atoms with Crippen LogP contribution >= 0.6 is 11.6 Å². The molecule has 2 aromatic rings. The standard InChI is InChI=1S/C20H23ClO/c1-3-16-11-14(2)13-20(16,22)19-10-5-4-9-18(19)15-7-6-8-17(21)12-15/h4-10,12,14,16,22H,3,11,13H2,1-2H3. The second-order valence-electron chi connectivity index (χ2n) is 6.63. The van der Waals surface area contributed by atoms with Gasteiger partial charge in [0.25, 0.3) is 0 Å². The van der Waals surface area contributed by atoms with Crippen molar-refractivity contribution in [2.45, 2.75) is 38.7 Å². The van der Waals surface area contributed by atoms with Crippen LogP contribution in [0.25, 0.3) is 11.1 Å². The van der Waals surface area contributed by atoms with Crippen LogP contribution in [-0.4, -0.2) is 5.11 Å².